The van der Waals surface area contributed by atoms with Gasteiger partial charge >= 0.3 is 0 Å². The second kappa shape index (κ2) is 5.49. The molecule has 0 atom stereocenters. The van der Waals surface area contributed by atoms with Crippen LogP contribution in [0.4, 0.5) is 0 Å². The zero-order valence-electron chi connectivity index (χ0n) is 11.0. The van der Waals surface area contributed by atoms with Crippen LogP contribution in [-0.2, 0) is 5.75 Å². The molecule has 0 bridgehead atoms. The van der Waals surface area contributed by atoms with E-state index in [0.29, 0.717) is 0 Å². The van der Waals surface area contributed by atoms with Gasteiger partial charge < -0.3 is 4.74 Å². The first-order chi connectivity index (χ1) is 8.65. The lowest BCUT2D eigenvalue weighted by atomic mass is 9.95. The summed E-state index contributed by atoms with van der Waals surface area (Å²) in [6.45, 7) is 4.26. The highest BCUT2D eigenvalue weighted by molar-refractivity contribution is 7.79. The fourth-order valence-corrected chi connectivity index (χ4v) is 2.46. The van der Waals surface area contributed by atoms with E-state index in [4.69, 9.17) is 4.74 Å². The number of aryl methyl sites for hydroxylation is 2. The molecule has 2 aromatic rings. The number of benzene rings is 2. The normalized spacial score (nSPS) is 10.4. The molecule has 0 aromatic heterocycles. The molecule has 0 fully saturated rings. The van der Waals surface area contributed by atoms with E-state index < -0.39 is 0 Å². The first-order valence-electron chi connectivity index (χ1n) is 6.01. The summed E-state index contributed by atoms with van der Waals surface area (Å²) in [5.74, 6) is 1.61. The van der Waals surface area contributed by atoms with E-state index >= 15 is 0 Å². The van der Waals surface area contributed by atoms with Gasteiger partial charge in [-0.3, -0.25) is 0 Å². The van der Waals surface area contributed by atoms with Crippen LogP contribution in [0, 0.1) is 13.8 Å². The van der Waals surface area contributed by atoms with Crippen molar-refractivity contribution < 1.29 is 4.74 Å². The predicted octanol–water partition coefficient (Wildman–Crippen LogP) is 4.41. The van der Waals surface area contributed by atoms with Gasteiger partial charge in [0, 0.05) is 5.75 Å². The molecule has 94 valence electrons. The molecule has 0 spiro atoms. The first kappa shape index (κ1) is 13.0. The molecule has 0 saturated heterocycles. The van der Waals surface area contributed by atoms with Crippen LogP contribution in [0.15, 0.2) is 36.4 Å². The maximum atomic E-state index is 5.31. The molecule has 0 saturated carbocycles. The minimum absolute atomic E-state index is 0.729. The van der Waals surface area contributed by atoms with E-state index in [9.17, 15) is 0 Å². The molecule has 2 aromatic carbocycles. The zero-order chi connectivity index (χ0) is 13.1. The summed E-state index contributed by atoms with van der Waals surface area (Å²) in [6, 6.07) is 12.7. The van der Waals surface area contributed by atoms with Gasteiger partial charge in [0.15, 0.2) is 0 Å². The zero-order valence-corrected chi connectivity index (χ0v) is 11.9. The van der Waals surface area contributed by atoms with E-state index in [1.54, 1.807) is 7.11 Å². The Kier molecular flexibility index (Phi) is 3.97. The Bertz CT molecular complexity index is 561. The van der Waals surface area contributed by atoms with Crippen molar-refractivity contribution in [1.29, 1.82) is 0 Å². The van der Waals surface area contributed by atoms with E-state index in [0.717, 1.165) is 11.5 Å². The van der Waals surface area contributed by atoms with E-state index in [1.807, 2.05) is 6.07 Å². The minimum atomic E-state index is 0.729. The number of hydrogen-bond acceptors (Lipinski definition) is 2. The molecule has 0 unspecified atom stereocenters. The molecule has 0 aliphatic carbocycles. The van der Waals surface area contributed by atoms with Crippen LogP contribution in [0.3, 0.4) is 0 Å². The third-order valence-electron chi connectivity index (χ3n) is 3.16. The number of hydrogen-bond donors (Lipinski definition) is 1. The third kappa shape index (κ3) is 2.54. The van der Waals surface area contributed by atoms with Crippen molar-refractivity contribution >= 4 is 12.6 Å². The molecule has 0 amide bonds. The van der Waals surface area contributed by atoms with Gasteiger partial charge in [0.1, 0.15) is 5.75 Å². The Morgan fingerprint density at radius 1 is 1.00 bits per heavy atom. The van der Waals surface area contributed by atoms with Gasteiger partial charge in [-0.2, -0.15) is 12.6 Å². The SMILES string of the molecule is COc1ccc(CS)c(-c2ccc(C)cc2C)c1. The van der Waals surface area contributed by atoms with Crippen molar-refractivity contribution in [2.24, 2.45) is 0 Å². The Labute approximate surface area is 114 Å². The molecular weight excluding hydrogens is 240 g/mol. The predicted molar refractivity (Wildman–Crippen MR) is 80.6 cm³/mol. The van der Waals surface area contributed by atoms with Crippen molar-refractivity contribution in [3.05, 3.63) is 53.1 Å². The van der Waals surface area contributed by atoms with E-state index in [1.165, 1.54) is 27.8 Å². The second-order valence-corrected chi connectivity index (χ2v) is 4.82. The molecule has 0 aliphatic rings. The molecule has 18 heavy (non-hydrogen) atoms. The smallest absolute Gasteiger partial charge is 0.119 e. The van der Waals surface area contributed by atoms with E-state index in [2.05, 4.69) is 56.8 Å². The summed E-state index contributed by atoms with van der Waals surface area (Å²) in [4.78, 5) is 0. The van der Waals surface area contributed by atoms with Crippen LogP contribution < -0.4 is 4.74 Å². The van der Waals surface area contributed by atoms with Crippen LogP contribution in [0.25, 0.3) is 11.1 Å². The number of thiol groups is 1. The Balaban J connectivity index is 2.60. The molecule has 2 heteroatoms. The van der Waals surface area contributed by atoms with E-state index in [-0.39, 0.29) is 0 Å². The van der Waals surface area contributed by atoms with Crippen LogP contribution in [0.1, 0.15) is 16.7 Å². The minimum Gasteiger partial charge on any atom is -0.497 e. The van der Waals surface area contributed by atoms with Crippen LogP contribution in [-0.4, -0.2) is 7.11 Å². The monoisotopic (exact) mass is 258 g/mol. The molecule has 1 nitrogen and oxygen atoms in total. The average Bonchev–Trinajstić information content (AvgIpc) is 2.38. The molecule has 0 radical (unpaired) electrons. The first-order valence-corrected chi connectivity index (χ1v) is 6.64. The lowest BCUT2D eigenvalue weighted by Gasteiger charge is -2.13. The van der Waals surface area contributed by atoms with Gasteiger partial charge in [0.05, 0.1) is 7.11 Å². The Morgan fingerprint density at radius 3 is 2.39 bits per heavy atom. The summed E-state index contributed by atoms with van der Waals surface area (Å²) < 4.78 is 5.31. The standard InChI is InChI=1S/C16H18OS/c1-11-4-7-15(12(2)8-11)16-9-14(17-3)6-5-13(16)10-18/h4-9,18H,10H2,1-3H3. The Morgan fingerprint density at radius 2 is 1.78 bits per heavy atom. The van der Waals surface area contributed by atoms with Crippen LogP contribution in [0.5, 0.6) is 5.75 Å². The highest BCUT2D eigenvalue weighted by Crippen LogP contribution is 2.31. The largest absolute Gasteiger partial charge is 0.497 e. The van der Waals surface area contributed by atoms with Crippen LogP contribution >= 0.6 is 12.6 Å². The van der Waals surface area contributed by atoms with Gasteiger partial charge in [-0.1, -0.05) is 29.8 Å². The number of rotatable bonds is 3. The van der Waals surface area contributed by atoms with Crippen molar-refractivity contribution in [2.75, 3.05) is 7.11 Å². The lowest BCUT2D eigenvalue weighted by Crippen LogP contribution is -1.92. The summed E-state index contributed by atoms with van der Waals surface area (Å²) in [5.41, 5.74) is 6.26. The topological polar surface area (TPSA) is 9.23 Å². The number of methoxy groups -OCH3 is 1. The van der Waals surface area contributed by atoms with Gasteiger partial charge in [0.25, 0.3) is 0 Å². The molecular formula is C16H18OS. The maximum absolute atomic E-state index is 5.31. The lowest BCUT2D eigenvalue weighted by molar-refractivity contribution is 0.415. The Hall–Kier alpha value is -1.41. The van der Waals surface area contributed by atoms with Crippen molar-refractivity contribution in [2.45, 2.75) is 19.6 Å². The highest BCUT2D eigenvalue weighted by Gasteiger charge is 2.08. The summed E-state index contributed by atoms with van der Waals surface area (Å²) in [5, 5.41) is 0. The second-order valence-electron chi connectivity index (χ2n) is 4.50. The summed E-state index contributed by atoms with van der Waals surface area (Å²) >= 11 is 4.41. The fraction of sp³-hybridized carbons (Fsp3) is 0.250. The summed E-state index contributed by atoms with van der Waals surface area (Å²) in [6.07, 6.45) is 0. The summed E-state index contributed by atoms with van der Waals surface area (Å²) in [7, 11) is 1.70. The molecule has 0 N–H and O–H groups in total. The fourth-order valence-electron chi connectivity index (χ4n) is 2.19. The quantitative estimate of drug-likeness (QED) is 0.802. The van der Waals surface area contributed by atoms with Crippen molar-refractivity contribution in [3.63, 3.8) is 0 Å². The van der Waals surface area contributed by atoms with Crippen molar-refractivity contribution in [1.82, 2.24) is 0 Å². The highest BCUT2D eigenvalue weighted by atomic mass is 32.1. The molecule has 0 heterocycles. The van der Waals surface area contributed by atoms with Crippen molar-refractivity contribution in [3.8, 4) is 16.9 Å². The maximum Gasteiger partial charge on any atom is 0.119 e. The van der Waals surface area contributed by atoms with Gasteiger partial charge in [-0.15, -0.1) is 0 Å². The van der Waals surface area contributed by atoms with Gasteiger partial charge in [-0.25, -0.2) is 0 Å². The third-order valence-corrected chi connectivity index (χ3v) is 3.50. The molecule has 0 aliphatic heterocycles. The van der Waals surface area contributed by atoms with Gasteiger partial charge in [-0.05, 0) is 48.2 Å². The van der Waals surface area contributed by atoms with Crippen LogP contribution in [0.2, 0.25) is 0 Å². The molecule has 2 rings (SSSR count). The van der Waals surface area contributed by atoms with Gasteiger partial charge in [0.2, 0.25) is 0 Å². The average molecular weight is 258 g/mol. The number of ether oxygens (including phenoxy) is 1.